The molecule has 75 heavy (non-hydrogen) atoms. The van der Waals surface area contributed by atoms with Gasteiger partial charge in [0.15, 0.2) is 6.10 Å². The summed E-state index contributed by atoms with van der Waals surface area (Å²) in [7, 11) is 0. The zero-order valence-corrected chi connectivity index (χ0v) is 50.6. The molecule has 6 heteroatoms. The molecule has 0 aromatic rings. The van der Waals surface area contributed by atoms with Gasteiger partial charge in [0.1, 0.15) is 13.2 Å². The minimum absolute atomic E-state index is 0.0729. The Hall–Kier alpha value is -2.37. The van der Waals surface area contributed by atoms with E-state index in [-0.39, 0.29) is 31.1 Å². The Labute approximate surface area is 467 Å². The van der Waals surface area contributed by atoms with Crippen LogP contribution in [0.1, 0.15) is 367 Å². The highest BCUT2D eigenvalue weighted by atomic mass is 16.6. The van der Waals surface area contributed by atoms with Gasteiger partial charge in [0.2, 0.25) is 0 Å². The van der Waals surface area contributed by atoms with E-state index in [1.54, 1.807) is 0 Å². The molecule has 0 amide bonds. The number of allylic oxidation sites excluding steroid dienone is 6. The molecule has 1 unspecified atom stereocenters. The second-order valence-electron chi connectivity index (χ2n) is 22.7. The van der Waals surface area contributed by atoms with Crippen molar-refractivity contribution in [1.29, 1.82) is 0 Å². The summed E-state index contributed by atoms with van der Waals surface area (Å²) in [5, 5.41) is 0. The molecule has 1 atom stereocenters. The fraction of sp³-hybridized carbons (Fsp3) is 0.870. The quantitative estimate of drug-likeness (QED) is 0.0261. The highest BCUT2D eigenvalue weighted by molar-refractivity contribution is 5.71. The predicted molar refractivity (Wildman–Crippen MR) is 326 cm³/mol. The minimum Gasteiger partial charge on any atom is -0.462 e. The molecule has 0 aromatic carbocycles. The second kappa shape index (κ2) is 64.2. The van der Waals surface area contributed by atoms with Crippen molar-refractivity contribution in [2.75, 3.05) is 13.2 Å². The summed E-state index contributed by atoms with van der Waals surface area (Å²) in [4.78, 5) is 38.3. The lowest BCUT2D eigenvalue weighted by Crippen LogP contribution is -2.30. The molecule has 0 saturated carbocycles. The van der Waals surface area contributed by atoms with Crippen molar-refractivity contribution >= 4 is 17.9 Å². The van der Waals surface area contributed by atoms with Gasteiger partial charge in [0.25, 0.3) is 0 Å². The fourth-order valence-electron chi connectivity index (χ4n) is 10.1. The molecule has 0 aromatic heterocycles. The first-order valence-electron chi connectivity index (χ1n) is 33.5. The normalized spacial score (nSPS) is 12.2. The maximum absolute atomic E-state index is 12.9. The van der Waals surface area contributed by atoms with Crippen molar-refractivity contribution in [2.24, 2.45) is 0 Å². The summed E-state index contributed by atoms with van der Waals surface area (Å²) in [6.07, 6.45) is 78.8. The highest BCUT2D eigenvalue weighted by Crippen LogP contribution is 2.18. The summed E-state index contributed by atoms with van der Waals surface area (Å²) in [5.74, 6) is -0.862. The summed E-state index contributed by atoms with van der Waals surface area (Å²) in [6.45, 7) is 6.66. The SMILES string of the molecule is CCCCC/C=C\C/C=C\CCCCCCCC(=O)OC(COC(=O)CCCCCCCCCCCCCCCCC)COC(=O)CCCCCCCCCCCCCCCCC/C=C\CCCCCCCCCC. The number of carbonyl (C=O) groups is 3. The molecule has 0 radical (unpaired) electrons. The first-order valence-corrected chi connectivity index (χ1v) is 33.5. The van der Waals surface area contributed by atoms with Crippen LogP contribution in [0.5, 0.6) is 0 Å². The van der Waals surface area contributed by atoms with Gasteiger partial charge in [-0.3, -0.25) is 14.4 Å². The second-order valence-corrected chi connectivity index (χ2v) is 22.7. The number of carbonyl (C=O) groups excluding carboxylic acids is 3. The van der Waals surface area contributed by atoms with Crippen molar-refractivity contribution in [3.8, 4) is 0 Å². The Balaban J connectivity index is 4.22. The lowest BCUT2D eigenvalue weighted by molar-refractivity contribution is -0.167. The Bertz CT molecular complexity index is 1250. The smallest absolute Gasteiger partial charge is 0.306 e. The third-order valence-electron chi connectivity index (χ3n) is 15.1. The van der Waals surface area contributed by atoms with Crippen LogP contribution in [0.4, 0.5) is 0 Å². The van der Waals surface area contributed by atoms with Gasteiger partial charge in [-0.05, 0) is 77.0 Å². The van der Waals surface area contributed by atoms with Gasteiger partial charge in [0, 0.05) is 19.3 Å². The summed E-state index contributed by atoms with van der Waals surface area (Å²) < 4.78 is 16.9. The molecule has 0 heterocycles. The van der Waals surface area contributed by atoms with Crippen LogP contribution in [0.15, 0.2) is 36.5 Å². The predicted octanol–water partition coefficient (Wildman–Crippen LogP) is 22.8. The zero-order chi connectivity index (χ0) is 54.3. The molecule has 440 valence electrons. The maximum Gasteiger partial charge on any atom is 0.306 e. The van der Waals surface area contributed by atoms with E-state index in [9.17, 15) is 14.4 Å². The van der Waals surface area contributed by atoms with E-state index in [2.05, 4.69) is 57.2 Å². The fourth-order valence-corrected chi connectivity index (χ4v) is 10.1. The molecule has 0 fully saturated rings. The van der Waals surface area contributed by atoms with Crippen molar-refractivity contribution in [3.05, 3.63) is 36.5 Å². The first-order chi connectivity index (χ1) is 37.0. The van der Waals surface area contributed by atoms with E-state index in [1.807, 2.05) is 0 Å². The van der Waals surface area contributed by atoms with Crippen LogP contribution in [0.2, 0.25) is 0 Å². The molecule has 0 bridgehead atoms. The van der Waals surface area contributed by atoms with Gasteiger partial charge in [0.05, 0.1) is 0 Å². The molecule has 0 saturated heterocycles. The molecular formula is C69H128O6. The average Bonchev–Trinajstić information content (AvgIpc) is 3.41. The Morgan fingerprint density at radius 3 is 0.773 bits per heavy atom. The number of esters is 3. The molecule has 0 aliphatic carbocycles. The van der Waals surface area contributed by atoms with Crippen LogP contribution in [-0.2, 0) is 28.6 Å². The van der Waals surface area contributed by atoms with Gasteiger partial charge in [-0.25, -0.2) is 0 Å². The van der Waals surface area contributed by atoms with Gasteiger partial charge in [-0.1, -0.05) is 308 Å². The van der Waals surface area contributed by atoms with E-state index < -0.39 is 6.10 Å². The molecular weight excluding hydrogens is 925 g/mol. The molecule has 0 N–H and O–H groups in total. The van der Waals surface area contributed by atoms with E-state index in [1.165, 1.54) is 244 Å². The standard InChI is InChI=1S/C69H128O6/c1-4-7-10-13-16-19-22-25-28-29-30-31-32-33-34-35-36-37-38-39-42-44-47-50-53-56-59-62-68(71)74-65-66(75-69(72)63-60-57-54-51-48-45-41-27-24-21-18-15-12-9-6-3)64-73-67(70)61-58-55-52-49-46-43-40-26-23-20-17-14-11-8-5-2/h18,21,27,29-30,41,66H,4-17,19-20,22-26,28,31-40,42-65H2,1-3H3/b21-18-,30-29-,41-27-. The lowest BCUT2D eigenvalue weighted by atomic mass is 10.0. The molecule has 0 aliphatic rings. The third-order valence-corrected chi connectivity index (χ3v) is 15.1. The first kappa shape index (κ1) is 72.6. The molecule has 6 nitrogen and oxygen atoms in total. The third kappa shape index (κ3) is 62.4. The average molecular weight is 1050 g/mol. The van der Waals surface area contributed by atoms with Gasteiger partial charge < -0.3 is 14.2 Å². The van der Waals surface area contributed by atoms with Crippen LogP contribution < -0.4 is 0 Å². The summed E-state index contributed by atoms with van der Waals surface area (Å²) >= 11 is 0. The van der Waals surface area contributed by atoms with Crippen molar-refractivity contribution in [1.82, 2.24) is 0 Å². The molecule has 0 rings (SSSR count). The summed E-state index contributed by atoms with van der Waals surface area (Å²) in [6, 6.07) is 0. The van der Waals surface area contributed by atoms with E-state index in [0.29, 0.717) is 19.3 Å². The Morgan fingerprint density at radius 1 is 0.267 bits per heavy atom. The van der Waals surface area contributed by atoms with Gasteiger partial charge in [-0.15, -0.1) is 0 Å². The molecule has 0 aliphatic heterocycles. The van der Waals surface area contributed by atoms with E-state index in [0.717, 1.165) is 83.5 Å². The van der Waals surface area contributed by atoms with Crippen molar-refractivity contribution in [3.63, 3.8) is 0 Å². The minimum atomic E-state index is -0.777. The number of ether oxygens (including phenoxy) is 3. The monoisotopic (exact) mass is 1050 g/mol. The maximum atomic E-state index is 12.9. The van der Waals surface area contributed by atoms with Crippen molar-refractivity contribution < 1.29 is 28.6 Å². The highest BCUT2D eigenvalue weighted by Gasteiger charge is 2.19. The van der Waals surface area contributed by atoms with Crippen LogP contribution in [-0.4, -0.2) is 37.2 Å². The van der Waals surface area contributed by atoms with Crippen LogP contribution in [0.3, 0.4) is 0 Å². The van der Waals surface area contributed by atoms with Crippen LogP contribution >= 0.6 is 0 Å². The van der Waals surface area contributed by atoms with Crippen molar-refractivity contribution in [2.45, 2.75) is 374 Å². The lowest BCUT2D eigenvalue weighted by Gasteiger charge is -2.18. The van der Waals surface area contributed by atoms with Crippen LogP contribution in [0.25, 0.3) is 0 Å². The van der Waals surface area contributed by atoms with Gasteiger partial charge in [-0.2, -0.15) is 0 Å². The molecule has 0 spiro atoms. The Kier molecular flexibility index (Phi) is 62.1. The number of unbranched alkanes of at least 4 members (excludes halogenated alkanes) is 45. The van der Waals surface area contributed by atoms with E-state index in [4.69, 9.17) is 14.2 Å². The van der Waals surface area contributed by atoms with E-state index >= 15 is 0 Å². The zero-order valence-electron chi connectivity index (χ0n) is 50.6. The van der Waals surface area contributed by atoms with Gasteiger partial charge >= 0.3 is 17.9 Å². The summed E-state index contributed by atoms with van der Waals surface area (Å²) in [5.41, 5.74) is 0. The number of rotatable bonds is 62. The number of hydrogen-bond acceptors (Lipinski definition) is 6. The Morgan fingerprint density at radius 2 is 0.480 bits per heavy atom. The largest absolute Gasteiger partial charge is 0.462 e. The van der Waals surface area contributed by atoms with Crippen LogP contribution in [0, 0.1) is 0 Å². The topological polar surface area (TPSA) is 78.9 Å². The number of hydrogen-bond donors (Lipinski definition) is 0.